The van der Waals surface area contributed by atoms with Crippen LogP contribution in [0, 0.1) is 0 Å². The van der Waals surface area contributed by atoms with Gasteiger partial charge in [-0.05, 0) is 18.6 Å². The molecule has 0 atom stereocenters. The molecule has 1 aromatic rings. The summed E-state index contributed by atoms with van der Waals surface area (Å²) in [4.78, 5) is 34.1. The Hall–Kier alpha value is -2.77. The van der Waals surface area contributed by atoms with Crippen molar-refractivity contribution in [2.45, 2.75) is 12.8 Å². The van der Waals surface area contributed by atoms with E-state index in [-0.39, 0.29) is 30.2 Å². The minimum atomic E-state index is -0.824. The highest BCUT2D eigenvalue weighted by Crippen LogP contribution is 2.23. The second-order valence-corrected chi connectivity index (χ2v) is 4.49. The summed E-state index contributed by atoms with van der Waals surface area (Å²) in [5.41, 5.74) is -0.0655. The zero-order valence-electron chi connectivity index (χ0n) is 13.0. The summed E-state index contributed by atoms with van der Waals surface area (Å²) in [6, 6.07) is 4.09. The van der Waals surface area contributed by atoms with E-state index in [9.17, 15) is 19.5 Å². The van der Waals surface area contributed by atoms with Crippen LogP contribution in [-0.4, -0.2) is 50.3 Å². The molecule has 0 aromatic heterocycles. The van der Waals surface area contributed by atoms with E-state index in [1.807, 2.05) is 0 Å². The average Bonchev–Trinajstić information content (AvgIpc) is 2.55. The highest BCUT2D eigenvalue weighted by Gasteiger charge is 2.15. The molecular weight excluding hydrogens is 306 g/mol. The first-order chi connectivity index (χ1) is 11.0. The maximum absolute atomic E-state index is 11.8. The Labute approximate surface area is 133 Å². The van der Waals surface area contributed by atoms with Gasteiger partial charge in [-0.3, -0.25) is 9.59 Å². The number of phenols is 1. The Bertz CT molecular complexity index is 571. The quantitative estimate of drug-likeness (QED) is 0.532. The van der Waals surface area contributed by atoms with Crippen molar-refractivity contribution >= 4 is 17.8 Å². The zero-order valence-corrected chi connectivity index (χ0v) is 13.0. The van der Waals surface area contributed by atoms with E-state index in [1.165, 1.54) is 32.4 Å². The molecule has 0 bridgehead atoms. The number of benzene rings is 1. The summed E-state index contributed by atoms with van der Waals surface area (Å²) >= 11 is 0. The molecule has 8 nitrogen and oxygen atoms in total. The number of hydrogen-bond acceptors (Lipinski definition) is 7. The van der Waals surface area contributed by atoms with Gasteiger partial charge in [-0.2, -0.15) is 0 Å². The van der Waals surface area contributed by atoms with Crippen LogP contribution in [0.25, 0.3) is 0 Å². The molecule has 0 saturated carbocycles. The topological polar surface area (TPSA) is 111 Å². The number of carbonyl (C=O) groups excluding carboxylic acids is 3. The predicted molar refractivity (Wildman–Crippen MR) is 79.2 cm³/mol. The van der Waals surface area contributed by atoms with Crippen LogP contribution in [0.3, 0.4) is 0 Å². The molecule has 126 valence electrons. The maximum Gasteiger partial charge on any atom is 0.342 e. The highest BCUT2D eigenvalue weighted by atomic mass is 16.5. The van der Waals surface area contributed by atoms with Gasteiger partial charge in [-0.15, -0.1) is 0 Å². The molecule has 0 unspecified atom stereocenters. The van der Waals surface area contributed by atoms with Crippen molar-refractivity contribution in [2.75, 3.05) is 27.4 Å². The van der Waals surface area contributed by atoms with Crippen molar-refractivity contribution < 1.29 is 33.7 Å². The molecule has 2 N–H and O–H groups in total. The molecule has 0 aliphatic rings. The standard InChI is InChI=1S/C15H19NO7/c1-21-10-5-6-11(12(17)8-10)15(20)23-9-13(18)16-7-3-4-14(19)22-2/h5-6,8,17H,3-4,7,9H2,1-2H3,(H,16,18). The summed E-state index contributed by atoms with van der Waals surface area (Å²) in [6.45, 7) is -0.220. The second kappa shape index (κ2) is 9.29. The third-order valence-electron chi connectivity index (χ3n) is 2.87. The van der Waals surface area contributed by atoms with Crippen LogP contribution in [0.15, 0.2) is 18.2 Å². The van der Waals surface area contributed by atoms with Crippen molar-refractivity contribution in [3.8, 4) is 11.5 Å². The third-order valence-corrected chi connectivity index (χ3v) is 2.87. The van der Waals surface area contributed by atoms with Crippen LogP contribution in [0.1, 0.15) is 23.2 Å². The largest absolute Gasteiger partial charge is 0.507 e. The van der Waals surface area contributed by atoms with E-state index >= 15 is 0 Å². The van der Waals surface area contributed by atoms with E-state index in [1.54, 1.807) is 0 Å². The maximum atomic E-state index is 11.8. The zero-order chi connectivity index (χ0) is 17.2. The lowest BCUT2D eigenvalue weighted by atomic mass is 10.2. The van der Waals surface area contributed by atoms with E-state index in [2.05, 4.69) is 10.1 Å². The van der Waals surface area contributed by atoms with Crippen molar-refractivity contribution in [3.05, 3.63) is 23.8 Å². The Kier molecular flexibility index (Phi) is 7.38. The Morgan fingerprint density at radius 2 is 1.96 bits per heavy atom. The molecule has 8 heteroatoms. The van der Waals surface area contributed by atoms with E-state index in [0.717, 1.165) is 0 Å². The number of amides is 1. The van der Waals surface area contributed by atoms with Crippen molar-refractivity contribution in [1.82, 2.24) is 5.32 Å². The molecular formula is C15H19NO7. The van der Waals surface area contributed by atoms with Gasteiger partial charge in [0.05, 0.1) is 14.2 Å². The van der Waals surface area contributed by atoms with Crippen LogP contribution in [0.2, 0.25) is 0 Å². The fourth-order valence-corrected chi connectivity index (χ4v) is 1.63. The summed E-state index contributed by atoms with van der Waals surface area (Å²) in [7, 11) is 2.71. The Morgan fingerprint density at radius 1 is 1.22 bits per heavy atom. The van der Waals surface area contributed by atoms with Crippen LogP contribution >= 0.6 is 0 Å². The first-order valence-corrected chi connectivity index (χ1v) is 6.85. The summed E-state index contributed by atoms with van der Waals surface area (Å²) in [5.74, 6) is -1.60. The monoisotopic (exact) mass is 325 g/mol. The number of nitrogens with one attached hydrogen (secondary N) is 1. The number of methoxy groups -OCH3 is 2. The summed E-state index contributed by atoms with van der Waals surface area (Å²) in [6.07, 6.45) is 0.613. The number of ether oxygens (including phenoxy) is 3. The van der Waals surface area contributed by atoms with Gasteiger partial charge < -0.3 is 24.6 Å². The predicted octanol–water partition coefficient (Wildman–Crippen LogP) is 0.627. The second-order valence-electron chi connectivity index (χ2n) is 4.49. The number of esters is 2. The fraction of sp³-hybridized carbons (Fsp3) is 0.400. The molecule has 1 amide bonds. The Morgan fingerprint density at radius 3 is 2.57 bits per heavy atom. The van der Waals surface area contributed by atoms with E-state index < -0.39 is 18.5 Å². The Balaban J connectivity index is 2.35. The van der Waals surface area contributed by atoms with Crippen LogP contribution in [-0.2, 0) is 19.1 Å². The van der Waals surface area contributed by atoms with Crippen LogP contribution in [0.5, 0.6) is 11.5 Å². The number of hydrogen-bond donors (Lipinski definition) is 2. The molecule has 0 saturated heterocycles. The average molecular weight is 325 g/mol. The molecule has 0 heterocycles. The first-order valence-electron chi connectivity index (χ1n) is 6.85. The summed E-state index contributed by atoms with van der Waals surface area (Å²) in [5, 5.41) is 12.2. The number of carbonyl (C=O) groups is 3. The molecule has 0 spiro atoms. The number of phenolic OH excluding ortho intramolecular Hbond substituents is 1. The van der Waals surface area contributed by atoms with Crippen molar-refractivity contribution in [1.29, 1.82) is 0 Å². The fourth-order valence-electron chi connectivity index (χ4n) is 1.63. The van der Waals surface area contributed by atoms with Crippen LogP contribution < -0.4 is 10.1 Å². The molecule has 0 radical (unpaired) electrons. The minimum Gasteiger partial charge on any atom is -0.507 e. The third kappa shape index (κ3) is 6.25. The van der Waals surface area contributed by atoms with Gasteiger partial charge in [0.15, 0.2) is 6.61 Å². The normalized spacial score (nSPS) is 9.83. The lowest BCUT2D eigenvalue weighted by Gasteiger charge is -2.08. The van der Waals surface area contributed by atoms with Gasteiger partial charge in [-0.1, -0.05) is 0 Å². The van der Waals surface area contributed by atoms with Crippen molar-refractivity contribution in [3.63, 3.8) is 0 Å². The van der Waals surface area contributed by atoms with Gasteiger partial charge in [-0.25, -0.2) is 4.79 Å². The smallest absolute Gasteiger partial charge is 0.342 e. The number of aromatic hydroxyl groups is 1. The lowest BCUT2D eigenvalue weighted by molar-refractivity contribution is -0.140. The minimum absolute atomic E-state index is 0.0655. The van der Waals surface area contributed by atoms with Gasteiger partial charge in [0, 0.05) is 19.0 Å². The molecule has 0 aliphatic carbocycles. The van der Waals surface area contributed by atoms with Gasteiger partial charge in [0.2, 0.25) is 0 Å². The van der Waals surface area contributed by atoms with Crippen LogP contribution in [0.4, 0.5) is 0 Å². The van der Waals surface area contributed by atoms with Gasteiger partial charge in [0.25, 0.3) is 5.91 Å². The summed E-state index contributed by atoms with van der Waals surface area (Å²) < 4.78 is 14.2. The molecule has 0 aliphatic heterocycles. The van der Waals surface area contributed by atoms with Gasteiger partial charge >= 0.3 is 11.9 Å². The van der Waals surface area contributed by atoms with Gasteiger partial charge in [0.1, 0.15) is 17.1 Å². The molecule has 23 heavy (non-hydrogen) atoms. The number of rotatable bonds is 8. The molecule has 1 rings (SSSR count). The van der Waals surface area contributed by atoms with E-state index in [4.69, 9.17) is 9.47 Å². The molecule has 1 aromatic carbocycles. The lowest BCUT2D eigenvalue weighted by Crippen LogP contribution is -2.29. The molecule has 0 fully saturated rings. The SMILES string of the molecule is COC(=O)CCCNC(=O)COC(=O)c1ccc(OC)cc1O. The van der Waals surface area contributed by atoms with Crippen molar-refractivity contribution in [2.24, 2.45) is 0 Å². The van der Waals surface area contributed by atoms with E-state index in [0.29, 0.717) is 12.2 Å². The first kappa shape index (κ1) is 18.3. The highest BCUT2D eigenvalue weighted by molar-refractivity contribution is 5.94.